The van der Waals surface area contributed by atoms with Gasteiger partial charge in [0.05, 0.1) is 18.1 Å². The van der Waals surface area contributed by atoms with Crippen LogP contribution in [0, 0.1) is 11.8 Å². The van der Waals surface area contributed by atoms with Crippen LogP contribution in [0.1, 0.15) is 47.4 Å². The molecule has 2 unspecified atom stereocenters. The van der Waals surface area contributed by atoms with Crippen LogP contribution < -0.4 is 10.6 Å². The van der Waals surface area contributed by atoms with Crippen molar-refractivity contribution in [3.8, 4) is 23.0 Å². The lowest BCUT2D eigenvalue weighted by molar-refractivity contribution is -0.163. The minimum absolute atomic E-state index is 0.0831. The Morgan fingerprint density at radius 3 is 1.78 bits per heavy atom. The van der Waals surface area contributed by atoms with Gasteiger partial charge in [-0.05, 0) is 61.7 Å². The van der Waals surface area contributed by atoms with Crippen LogP contribution in [0.2, 0.25) is 0 Å². The van der Waals surface area contributed by atoms with E-state index in [1.807, 2.05) is 11.8 Å². The Kier molecular flexibility index (Phi) is 10.2. The molecule has 4 atom stereocenters. The number of aliphatic hydroxyl groups excluding tert-OH is 1. The number of aliphatic carboxylic acids is 1. The number of phenols is 4. The summed E-state index contributed by atoms with van der Waals surface area (Å²) in [7, 11) is 0. The van der Waals surface area contributed by atoms with E-state index in [9.17, 15) is 49.8 Å². The summed E-state index contributed by atoms with van der Waals surface area (Å²) >= 11 is 0. The number of carboxylic acid groups (broad SMARTS) is 1. The second-order valence-electron chi connectivity index (χ2n) is 11.3. The van der Waals surface area contributed by atoms with Gasteiger partial charge in [0.2, 0.25) is 5.91 Å². The summed E-state index contributed by atoms with van der Waals surface area (Å²) in [6.07, 6.45) is -0.00659. The first-order chi connectivity index (χ1) is 21.3. The van der Waals surface area contributed by atoms with Gasteiger partial charge in [0.25, 0.3) is 11.8 Å². The first kappa shape index (κ1) is 33.1. The molecule has 242 valence electrons. The number of phenolic OH excluding ortho intramolecular Hbond substituents is 4. The van der Waals surface area contributed by atoms with Crippen LogP contribution in [0.15, 0.2) is 47.7 Å². The molecule has 0 spiro atoms. The molecular weight excluding hydrogens is 588 g/mol. The monoisotopic (exact) mass is 626 g/mol. The van der Waals surface area contributed by atoms with Crippen molar-refractivity contribution in [2.24, 2.45) is 11.8 Å². The zero-order valence-corrected chi connectivity index (χ0v) is 24.9. The number of hydrogen-bond acceptors (Lipinski definition) is 10. The number of carbonyl (C=O) groups excluding carboxylic acids is 3. The number of nitrogens with one attached hydrogen (secondary N) is 2. The van der Waals surface area contributed by atoms with E-state index in [4.69, 9.17) is 0 Å². The number of amides is 3. The molecule has 2 aromatic carbocycles. The number of benzene rings is 2. The van der Waals surface area contributed by atoms with Crippen LogP contribution >= 0.6 is 0 Å². The highest BCUT2D eigenvalue weighted by atomic mass is 16.4. The van der Waals surface area contributed by atoms with E-state index >= 15 is 0 Å². The van der Waals surface area contributed by atoms with Crippen molar-refractivity contribution in [2.75, 3.05) is 32.7 Å². The van der Waals surface area contributed by atoms with Gasteiger partial charge in [-0.2, -0.15) is 0 Å². The molecule has 2 heterocycles. The van der Waals surface area contributed by atoms with Gasteiger partial charge in [-0.1, -0.05) is 6.92 Å². The molecule has 0 saturated carbocycles. The lowest BCUT2D eigenvalue weighted by atomic mass is 9.77. The smallest absolute Gasteiger partial charge is 0.352 e. The molecule has 2 aliphatic rings. The minimum Gasteiger partial charge on any atom is -0.504 e. The van der Waals surface area contributed by atoms with E-state index in [-0.39, 0.29) is 53.9 Å². The van der Waals surface area contributed by atoms with E-state index in [0.717, 1.165) is 12.1 Å². The lowest BCUT2D eigenvalue weighted by Gasteiger charge is -2.46. The third kappa shape index (κ3) is 7.13. The van der Waals surface area contributed by atoms with E-state index in [1.165, 1.54) is 36.1 Å². The Bertz CT molecular complexity index is 1440. The van der Waals surface area contributed by atoms with Gasteiger partial charge in [0.1, 0.15) is 5.70 Å². The minimum atomic E-state index is -1.23. The molecule has 0 bridgehead atoms. The van der Waals surface area contributed by atoms with Crippen LogP contribution in [-0.4, -0.2) is 109 Å². The fourth-order valence-corrected chi connectivity index (χ4v) is 5.91. The summed E-state index contributed by atoms with van der Waals surface area (Å²) in [6, 6.07) is 7.01. The molecule has 14 heteroatoms. The summed E-state index contributed by atoms with van der Waals surface area (Å²) < 4.78 is 0. The molecule has 2 aliphatic heterocycles. The summed E-state index contributed by atoms with van der Waals surface area (Å²) in [5.41, 5.74) is 0.798. The van der Waals surface area contributed by atoms with E-state index < -0.39 is 53.3 Å². The van der Waals surface area contributed by atoms with E-state index in [0.29, 0.717) is 31.5 Å². The number of aromatic hydroxyl groups is 4. The summed E-state index contributed by atoms with van der Waals surface area (Å²) in [5, 5.41) is 64.0. The number of β-lactam (4-membered cyclic amide) rings is 1. The van der Waals surface area contributed by atoms with Gasteiger partial charge >= 0.3 is 5.97 Å². The Morgan fingerprint density at radius 1 is 0.867 bits per heavy atom. The molecule has 3 amide bonds. The molecule has 14 nitrogen and oxygen atoms in total. The van der Waals surface area contributed by atoms with Gasteiger partial charge in [0, 0.05) is 49.8 Å². The third-order valence-corrected chi connectivity index (χ3v) is 8.26. The molecule has 1 fully saturated rings. The predicted molar refractivity (Wildman–Crippen MR) is 160 cm³/mol. The van der Waals surface area contributed by atoms with Crippen molar-refractivity contribution in [2.45, 2.75) is 38.8 Å². The van der Waals surface area contributed by atoms with Gasteiger partial charge in [-0.15, -0.1) is 0 Å². The maximum Gasteiger partial charge on any atom is 0.352 e. The normalized spacial score (nSPS) is 19.7. The second-order valence-corrected chi connectivity index (χ2v) is 11.3. The zero-order chi connectivity index (χ0) is 33.0. The number of nitrogens with zero attached hydrogens (tertiary/aromatic N) is 2. The summed E-state index contributed by atoms with van der Waals surface area (Å²) in [6.45, 7) is 4.88. The van der Waals surface area contributed by atoms with Gasteiger partial charge in [-0.25, -0.2) is 4.79 Å². The fourth-order valence-electron chi connectivity index (χ4n) is 5.91. The van der Waals surface area contributed by atoms with Crippen molar-refractivity contribution < 1.29 is 49.8 Å². The molecule has 0 aliphatic carbocycles. The van der Waals surface area contributed by atoms with Crippen LogP contribution in [0.5, 0.6) is 23.0 Å². The topological polar surface area (TPSA) is 220 Å². The van der Waals surface area contributed by atoms with Crippen molar-refractivity contribution in [3.63, 3.8) is 0 Å². The largest absolute Gasteiger partial charge is 0.504 e. The highest BCUT2D eigenvalue weighted by Crippen LogP contribution is 2.47. The molecule has 45 heavy (non-hydrogen) atoms. The molecule has 2 aromatic rings. The average molecular weight is 627 g/mol. The van der Waals surface area contributed by atoms with Gasteiger partial charge < -0.3 is 46.2 Å². The van der Waals surface area contributed by atoms with Crippen molar-refractivity contribution in [1.29, 1.82) is 0 Å². The number of fused-ring (bicyclic) bond motifs is 1. The molecular formula is C31H38N4O10. The fraction of sp³-hybridized carbons (Fsp3) is 0.419. The average Bonchev–Trinajstić information content (AvgIpc) is 3.23. The first-order valence-corrected chi connectivity index (χ1v) is 14.6. The number of rotatable bonds is 14. The predicted octanol–water partition coefficient (Wildman–Crippen LogP) is 0.947. The summed E-state index contributed by atoms with van der Waals surface area (Å²) in [5.74, 6) is -5.10. The van der Waals surface area contributed by atoms with Crippen LogP contribution in [0.3, 0.4) is 0 Å². The van der Waals surface area contributed by atoms with Gasteiger partial charge in [-0.3, -0.25) is 19.3 Å². The second kappa shape index (κ2) is 13.9. The number of hydrogen-bond donors (Lipinski definition) is 8. The van der Waals surface area contributed by atoms with Gasteiger partial charge in [0.15, 0.2) is 23.0 Å². The standard InChI is InChI=1S/C31H38N4O10/c1-16-20(27(31(44)45)35-26(16)25(17(2)36)30(35)43)15-34(11-3-9-32-28(41)18-5-7-21(37)23(39)13-18)12-4-10-33-29(42)19-6-8-22(38)24(40)14-19/h5-8,13-14,16-17,25-26,36-40H,3-4,9-12,15H2,1-2H3,(H,32,41)(H,33,42)(H,44,45)/t16-,17?,25?,26+/m0/s1. The highest BCUT2D eigenvalue weighted by molar-refractivity contribution is 6.00. The van der Waals surface area contributed by atoms with E-state index in [2.05, 4.69) is 10.6 Å². The molecule has 0 aromatic heterocycles. The number of aliphatic hydroxyl groups is 1. The maximum absolute atomic E-state index is 12.8. The van der Waals surface area contributed by atoms with E-state index in [1.54, 1.807) is 0 Å². The molecule has 1 saturated heterocycles. The zero-order valence-electron chi connectivity index (χ0n) is 24.9. The lowest BCUT2D eigenvalue weighted by Crippen LogP contribution is -2.63. The number of carbonyl (C=O) groups is 4. The SMILES string of the molecule is CC(O)C1C(=O)N2C(C(=O)O)=C(CN(CCCNC(=O)c3ccc(O)c(O)c3)CCCNC(=O)c3ccc(O)c(O)c3)[C@H](C)[C@H]12. The molecule has 0 radical (unpaired) electrons. The Morgan fingerprint density at radius 2 is 1.36 bits per heavy atom. The Balaban J connectivity index is 1.41. The van der Waals surface area contributed by atoms with Crippen molar-refractivity contribution in [1.82, 2.24) is 20.4 Å². The number of carboxylic acids is 1. The molecule has 4 rings (SSSR count). The van der Waals surface area contributed by atoms with Crippen LogP contribution in [0.4, 0.5) is 0 Å². The molecule has 8 N–H and O–H groups in total. The van der Waals surface area contributed by atoms with Crippen LogP contribution in [0.25, 0.3) is 0 Å². The summed E-state index contributed by atoms with van der Waals surface area (Å²) in [4.78, 5) is 53.3. The van der Waals surface area contributed by atoms with Crippen molar-refractivity contribution in [3.05, 3.63) is 58.8 Å². The highest BCUT2D eigenvalue weighted by Gasteiger charge is 2.59. The first-order valence-electron chi connectivity index (χ1n) is 14.6. The van der Waals surface area contributed by atoms with Crippen molar-refractivity contribution >= 4 is 23.7 Å². The van der Waals surface area contributed by atoms with Crippen LogP contribution in [-0.2, 0) is 9.59 Å². The quantitative estimate of drug-likeness (QED) is 0.0838. The Hall–Kier alpha value is -4.82. The Labute approximate surface area is 259 Å². The maximum atomic E-state index is 12.8. The third-order valence-electron chi connectivity index (χ3n) is 8.26.